The van der Waals surface area contributed by atoms with E-state index >= 15 is 0 Å². The summed E-state index contributed by atoms with van der Waals surface area (Å²) in [6, 6.07) is 5.60. The van der Waals surface area contributed by atoms with Crippen LogP contribution in [0.3, 0.4) is 0 Å². The Morgan fingerprint density at radius 2 is 2.19 bits per heavy atom. The Hall–Kier alpha value is -1.82. The number of primary amides is 1. The number of rotatable bonds is 1. The number of carbonyl (C=O) groups excluding carboxylic acids is 1. The van der Waals surface area contributed by atoms with E-state index in [4.69, 9.17) is 5.73 Å². The van der Waals surface area contributed by atoms with Crippen molar-refractivity contribution in [3.05, 3.63) is 24.3 Å². The van der Waals surface area contributed by atoms with Gasteiger partial charge in [0.05, 0.1) is 16.3 Å². The van der Waals surface area contributed by atoms with E-state index < -0.39 is 16.8 Å². The quantitative estimate of drug-likeness (QED) is 0.777. The predicted molar refractivity (Wildman–Crippen MR) is 60.9 cm³/mol. The normalized spacial score (nSPS) is 12.8. The molecular formula is C10H10N2O3S. The maximum absolute atomic E-state index is 11.5. The summed E-state index contributed by atoms with van der Waals surface area (Å²) in [5.41, 5.74) is 5.60. The first-order valence-electron chi connectivity index (χ1n) is 4.49. The lowest BCUT2D eigenvalue weighted by Crippen LogP contribution is -2.18. The zero-order valence-corrected chi connectivity index (χ0v) is 9.32. The number of nitrogens with two attached hydrogens (primary N) is 1. The Bertz CT molecular complexity index is 603. The zero-order chi connectivity index (χ0) is 11.9. The van der Waals surface area contributed by atoms with E-state index in [-0.39, 0.29) is 5.88 Å². The van der Waals surface area contributed by atoms with E-state index in [9.17, 15) is 14.1 Å². The predicted octanol–water partition coefficient (Wildman–Crippen LogP) is 1.01. The highest BCUT2D eigenvalue weighted by Gasteiger charge is 2.15. The minimum Gasteiger partial charge on any atom is -0.494 e. The van der Waals surface area contributed by atoms with Crippen LogP contribution in [0.4, 0.5) is 4.79 Å². The second-order valence-corrected chi connectivity index (χ2v) is 4.67. The van der Waals surface area contributed by atoms with Gasteiger partial charge < -0.3 is 10.8 Å². The van der Waals surface area contributed by atoms with Crippen LogP contribution in [0.25, 0.3) is 10.9 Å². The van der Waals surface area contributed by atoms with Crippen molar-refractivity contribution in [2.24, 2.45) is 5.73 Å². The van der Waals surface area contributed by atoms with E-state index in [0.29, 0.717) is 15.8 Å². The third-order valence-electron chi connectivity index (χ3n) is 2.32. The monoisotopic (exact) mass is 238 g/mol. The Morgan fingerprint density at radius 3 is 2.75 bits per heavy atom. The van der Waals surface area contributed by atoms with Gasteiger partial charge in [-0.3, -0.25) is 4.21 Å². The molecule has 1 heterocycles. The largest absolute Gasteiger partial charge is 0.494 e. The van der Waals surface area contributed by atoms with Crippen LogP contribution >= 0.6 is 0 Å². The summed E-state index contributed by atoms with van der Waals surface area (Å²) in [5, 5.41) is 10.1. The summed E-state index contributed by atoms with van der Waals surface area (Å²) >= 11 is 0. The topological polar surface area (TPSA) is 85.3 Å². The van der Waals surface area contributed by atoms with Gasteiger partial charge in [-0.2, -0.15) is 0 Å². The molecule has 0 aliphatic heterocycles. The summed E-state index contributed by atoms with van der Waals surface area (Å²) in [4.78, 5) is 11.7. The van der Waals surface area contributed by atoms with E-state index in [1.165, 1.54) is 12.3 Å². The van der Waals surface area contributed by atoms with Gasteiger partial charge in [0.1, 0.15) is 0 Å². The average Bonchev–Trinajstić information content (AvgIpc) is 2.52. The Balaban J connectivity index is 2.88. The fourth-order valence-electron chi connectivity index (χ4n) is 1.67. The molecule has 5 nitrogen and oxygen atoms in total. The molecule has 6 heteroatoms. The summed E-state index contributed by atoms with van der Waals surface area (Å²) in [7, 11) is -1.19. The SMILES string of the molecule is CS(=O)c1cccc2c1cc(O)n2C(N)=O. The van der Waals surface area contributed by atoms with Gasteiger partial charge in [0, 0.05) is 22.6 Å². The number of carbonyl (C=O) groups is 1. The van der Waals surface area contributed by atoms with Gasteiger partial charge in [-0.25, -0.2) is 9.36 Å². The maximum Gasteiger partial charge on any atom is 0.326 e. The van der Waals surface area contributed by atoms with Crippen LogP contribution in [-0.2, 0) is 10.8 Å². The highest BCUT2D eigenvalue weighted by Crippen LogP contribution is 2.28. The molecule has 1 atom stereocenters. The second kappa shape index (κ2) is 3.64. The smallest absolute Gasteiger partial charge is 0.326 e. The van der Waals surface area contributed by atoms with Gasteiger partial charge in [0.2, 0.25) is 0 Å². The molecule has 0 spiro atoms. The van der Waals surface area contributed by atoms with E-state index in [1.807, 2.05) is 0 Å². The molecule has 0 saturated carbocycles. The van der Waals surface area contributed by atoms with Gasteiger partial charge in [0.25, 0.3) is 0 Å². The maximum atomic E-state index is 11.5. The van der Waals surface area contributed by atoms with Crippen LogP contribution in [0.2, 0.25) is 0 Å². The first-order valence-corrected chi connectivity index (χ1v) is 6.05. The molecule has 2 rings (SSSR count). The third kappa shape index (κ3) is 1.47. The molecule has 1 amide bonds. The lowest BCUT2D eigenvalue weighted by atomic mass is 10.2. The molecule has 1 aromatic carbocycles. The summed E-state index contributed by atoms with van der Waals surface area (Å²) in [5.74, 6) is -0.250. The highest BCUT2D eigenvalue weighted by atomic mass is 32.2. The van der Waals surface area contributed by atoms with Gasteiger partial charge in [-0.15, -0.1) is 0 Å². The molecule has 0 bridgehead atoms. The molecule has 1 aromatic heterocycles. The first kappa shape index (κ1) is 10.7. The zero-order valence-electron chi connectivity index (χ0n) is 8.51. The van der Waals surface area contributed by atoms with Gasteiger partial charge in [-0.1, -0.05) is 6.07 Å². The van der Waals surface area contributed by atoms with Crippen molar-refractivity contribution in [3.63, 3.8) is 0 Å². The van der Waals surface area contributed by atoms with Crippen molar-refractivity contribution in [3.8, 4) is 5.88 Å². The molecule has 0 fully saturated rings. The van der Waals surface area contributed by atoms with E-state index in [2.05, 4.69) is 0 Å². The van der Waals surface area contributed by atoms with Crippen LogP contribution < -0.4 is 5.73 Å². The van der Waals surface area contributed by atoms with Crippen molar-refractivity contribution >= 4 is 27.7 Å². The molecule has 3 N–H and O–H groups in total. The highest BCUT2D eigenvalue weighted by molar-refractivity contribution is 7.84. The molecule has 84 valence electrons. The van der Waals surface area contributed by atoms with Gasteiger partial charge in [-0.05, 0) is 12.1 Å². The van der Waals surface area contributed by atoms with Crippen molar-refractivity contribution < 1.29 is 14.1 Å². The van der Waals surface area contributed by atoms with E-state index in [0.717, 1.165) is 4.57 Å². The summed E-state index contributed by atoms with van der Waals surface area (Å²) < 4.78 is 12.4. The number of fused-ring (bicyclic) bond motifs is 1. The Labute approximate surface area is 93.9 Å². The second-order valence-electron chi connectivity index (χ2n) is 3.32. The van der Waals surface area contributed by atoms with Crippen molar-refractivity contribution in [2.45, 2.75) is 4.90 Å². The molecule has 0 radical (unpaired) electrons. The fraction of sp³-hybridized carbons (Fsp3) is 0.100. The molecule has 1 unspecified atom stereocenters. The lowest BCUT2D eigenvalue weighted by Gasteiger charge is -2.01. The van der Waals surface area contributed by atoms with Gasteiger partial charge >= 0.3 is 6.03 Å². The average molecular weight is 238 g/mol. The van der Waals surface area contributed by atoms with Crippen molar-refractivity contribution in [1.29, 1.82) is 0 Å². The number of aromatic nitrogens is 1. The molecule has 16 heavy (non-hydrogen) atoms. The minimum atomic E-state index is -1.19. The number of benzene rings is 1. The molecular weight excluding hydrogens is 228 g/mol. The van der Waals surface area contributed by atoms with Crippen LogP contribution in [0, 0.1) is 0 Å². The van der Waals surface area contributed by atoms with Crippen molar-refractivity contribution in [1.82, 2.24) is 4.57 Å². The number of hydrogen-bond donors (Lipinski definition) is 2. The summed E-state index contributed by atoms with van der Waals surface area (Å²) in [6.07, 6.45) is 1.54. The van der Waals surface area contributed by atoms with Crippen LogP contribution in [-0.4, -0.2) is 26.2 Å². The fourth-order valence-corrected chi connectivity index (χ4v) is 2.42. The molecule has 0 saturated heterocycles. The molecule has 2 aromatic rings. The summed E-state index contributed by atoms with van der Waals surface area (Å²) in [6.45, 7) is 0. The van der Waals surface area contributed by atoms with E-state index in [1.54, 1.807) is 18.2 Å². The third-order valence-corrected chi connectivity index (χ3v) is 3.29. The first-order chi connectivity index (χ1) is 7.52. The van der Waals surface area contributed by atoms with Crippen LogP contribution in [0.15, 0.2) is 29.2 Å². The van der Waals surface area contributed by atoms with Crippen LogP contribution in [0.1, 0.15) is 0 Å². The Morgan fingerprint density at radius 1 is 1.50 bits per heavy atom. The van der Waals surface area contributed by atoms with Gasteiger partial charge in [0.15, 0.2) is 5.88 Å². The van der Waals surface area contributed by atoms with Crippen molar-refractivity contribution in [2.75, 3.05) is 6.26 Å². The van der Waals surface area contributed by atoms with Crippen LogP contribution in [0.5, 0.6) is 5.88 Å². The number of aromatic hydroxyl groups is 1. The standard InChI is InChI=1S/C10H10N2O3S/c1-16(15)8-4-2-3-7-6(8)5-9(13)12(7)10(11)14/h2-5,13H,1H3,(H2,11,14). The minimum absolute atomic E-state index is 0.250. The molecule has 0 aliphatic rings. The number of hydrogen-bond acceptors (Lipinski definition) is 3. The Kier molecular flexibility index (Phi) is 2.43. The number of nitrogens with zero attached hydrogens (tertiary/aromatic N) is 1. The lowest BCUT2D eigenvalue weighted by molar-refractivity contribution is 0.248. The molecule has 0 aliphatic carbocycles. The number of amides is 1.